The van der Waals surface area contributed by atoms with Crippen molar-refractivity contribution in [2.75, 3.05) is 6.54 Å². The standard InChI is InChI=1S/C12H16N4OS.ClH/c1-8-9-3-5-18-10(9)2-4-16(8)7-11-14-12(6-13)17-15-11;/h3,5,8H,2,4,6-7,13H2,1H3;1H. The SMILES string of the molecule is CC1c2ccsc2CCN1Cc1noc(CN)n1.Cl. The van der Waals surface area contributed by atoms with E-state index in [1.54, 1.807) is 0 Å². The Bertz CT molecular complexity index is 541. The second-order valence-electron chi connectivity index (χ2n) is 4.50. The van der Waals surface area contributed by atoms with Crippen molar-refractivity contribution >= 4 is 23.7 Å². The molecule has 3 rings (SSSR count). The molecule has 19 heavy (non-hydrogen) atoms. The molecule has 0 amide bonds. The molecular weight excluding hydrogens is 284 g/mol. The average Bonchev–Trinajstić information content (AvgIpc) is 3.01. The van der Waals surface area contributed by atoms with Crippen molar-refractivity contribution in [2.24, 2.45) is 5.73 Å². The summed E-state index contributed by atoms with van der Waals surface area (Å²) >= 11 is 1.85. The molecule has 1 unspecified atom stereocenters. The van der Waals surface area contributed by atoms with Crippen molar-refractivity contribution < 1.29 is 4.52 Å². The van der Waals surface area contributed by atoms with E-state index in [1.807, 2.05) is 11.3 Å². The zero-order chi connectivity index (χ0) is 12.5. The summed E-state index contributed by atoms with van der Waals surface area (Å²) < 4.78 is 5.03. The van der Waals surface area contributed by atoms with Gasteiger partial charge in [0.25, 0.3) is 0 Å². The molecule has 0 aromatic carbocycles. The highest BCUT2D eigenvalue weighted by atomic mass is 35.5. The first-order valence-electron chi connectivity index (χ1n) is 6.09. The Morgan fingerprint density at radius 2 is 2.42 bits per heavy atom. The molecule has 0 saturated heterocycles. The van der Waals surface area contributed by atoms with Gasteiger partial charge in [0, 0.05) is 17.5 Å². The molecule has 0 fully saturated rings. The van der Waals surface area contributed by atoms with Crippen LogP contribution in [0.25, 0.3) is 0 Å². The number of hydrogen-bond acceptors (Lipinski definition) is 6. The molecule has 7 heteroatoms. The summed E-state index contributed by atoms with van der Waals surface area (Å²) in [5.41, 5.74) is 6.90. The van der Waals surface area contributed by atoms with Crippen LogP contribution in [0, 0.1) is 0 Å². The summed E-state index contributed by atoms with van der Waals surface area (Å²) in [7, 11) is 0. The van der Waals surface area contributed by atoms with Crippen molar-refractivity contribution in [1.29, 1.82) is 0 Å². The highest BCUT2D eigenvalue weighted by Crippen LogP contribution is 2.33. The molecule has 1 atom stereocenters. The number of nitrogens with zero attached hydrogens (tertiary/aromatic N) is 3. The van der Waals surface area contributed by atoms with E-state index < -0.39 is 0 Å². The fourth-order valence-corrected chi connectivity index (χ4v) is 3.36. The van der Waals surface area contributed by atoms with Crippen molar-refractivity contribution in [3.8, 4) is 0 Å². The van der Waals surface area contributed by atoms with Crippen molar-refractivity contribution in [3.63, 3.8) is 0 Å². The molecule has 5 nitrogen and oxygen atoms in total. The van der Waals surface area contributed by atoms with Crippen LogP contribution >= 0.6 is 23.7 Å². The summed E-state index contributed by atoms with van der Waals surface area (Å²) in [5, 5.41) is 6.13. The number of hydrogen-bond donors (Lipinski definition) is 1. The van der Waals surface area contributed by atoms with Gasteiger partial charge in [-0.3, -0.25) is 4.90 Å². The van der Waals surface area contributed by atoms with Gasteiger partial charge in [0.05, 0.1) is 13.1 Å². The van der Waals surface area contributed by atoms with Crippen LogP contribution in [-0.2, 0) is 19.5 Å². The zero-order valence-electron chi connectivity index (χ0n) is 10.7. The Morgan fingerprint density at radius 3 is 3.16 bits per heavy atom. The first kappa shape index (κ1) is 14.5. The minimum atomic E-state index is 0. The minimum Gasteiger partial charge on any atom is -0.338 e. The second kappa shape index (κ2) is 6.00. The first-order chi connectivity index (χ1) is 8.78. The fourth-order valence-electron chi connectivity index (χ4n) is 2.40. The number of thiophene rings is 1. The van der Waals surface area contributed by atoms with E-state index in [4.69, 9.17) is 10.3 Å². The maximum absolute atomic E-state index is 5.46. The lowest BCUT2D eigenvalue weighted by Crippen LogP contribution is -2.33. The zero-order valence-corrected chi connectivity index (χ0v) is 12.3. The molecule has 2 aromatic heterocycles. The topological polar surface area (TPSA) is 68.2 Å². The van der Waals surface area contributed by atoms with Gasteiger partial charge in [0.1, 0.15) is 0 Å². The maximum Gasteiger partial charge on any atom is 0.240 e. The molecule has 1 aliphatic rings. The largest absolute Gasteiger partial charge is 0.338 e. The molecule has 0 bridgehead atoms. The lowest BCUT2D eigenvalue weighted by Gasteiger charge is -2.32. The third-order valence-corrected chi connectivity index (χ3v) is 4.43. The first-order valence-corrected chi connectivity index (χ1v) is 6.97. The summed E-state index contributed by atoms with van der Waals surface area (Å²) in [6, 6.07) is 2.64. The molecule has 2 N–H and O–H groups in total. The van der Waals surface area contributed by atoms with Gasteiger partial charge in [0.2, 0.25) is 5.89 Å². The normalized spacial score (nSPS) is 18.9. The van der Waals surface area contributed by atoms with E-state index >= 15 is 0 Å². The Morgan fingerprint density at radius 1 is 1.58 bits per heavy atom. The summed E-state index contributed by atoms with van der Waals surface area (Å²) in [5.74, 6) is 1.23. The lowest BCUT2D eigenvalue weighted by atomic mass is 10.0. The van der Waals surface area contributed by atoms with Crippen LogP contribution in [0.3, 0.4) is 0 Å². The predicted molar refractivity (Wildman–Crippen MR) is 76.3 cm³/mol. The van der Waals surface area contributed by atoms with Crippen LogP contribution < -0.4 is 5.73 Å². The van der Waals surface area contributed by atoms with Gasteiger partial charge in [-0.1, -0.05) is 5.16 Å². The van der Waals surface area contributed by atoms with E-state index in [-0.39, 0.29) is 12.4 Å². The monoisotopic (exact) mass is 300 g/mol. The Balaban J connectivity index is 0.00000133. The van der Waals surface area contributed by atoms with Gasteiger partial charge in [-0.15, -0.1) is 23.7 Å². The molecule has 0 saturated carbocycles. The Hall–Kier alpha value is -0.950. The number of halogens is 1. The summed E-state index contributed by atoms with van der Waals surface area (Å²) in [6.07, 6.45) is 1.11. The van der Waals surface area contributed by atoms with Crippen LogP contribution in [0.4, 0.5) is 0 Å². The number of aromatic nitrogens is 2. The molecule has 0 spiro atoms. The van der Waals surface area contributed by atoms with Gasteiger partial charge < -0.3 is 10.3 Å². The third kappa shape index (κ3) is 2.81. The molecule has 2 aromatic rings. The van der Waals surface area contributed by atoms with Crippen LogP contribution in [-0.4, -0.2) is 21.6 Å². The van der Waals surface area contributed by atoms with Gasteiger partial charge in [-0.05, 0) is 30.4 Å². The lowest BCUT2D eigenvalue weighted by molar-refractivity contribution is 0.184. The van der Waals surface area contributed by atoms with Crippen molar-refractivity contribution in [1.82, 2.24) is 15.0 Å². The van der Waals surface area contributed by atoms with E-state index in [0.717, 1.165) is 25.3 Å². The van der Waals surface area contributed by atoms with Gasteiger partial charge in [0.15, 0.2) is 5.82 Å². The quantitative estimate of drug-likeness (QED) is 0.940. The predicted octanol–water partition coefficient (Wildman–Crippen LogP) is 2.13. The van der Waals surface area contributed by atoms with Crippen LogP contribution in [0.15, 0.2) is 16.0 Å². The minimum absolute atomic E-state index is 0. The number of fused-ring (bicyclic) bond motifs is 1. The molecule has 3 heterocycles. The third-order valence-electron chi connectivity index (χ3n) is 3.43. The van der Waals surface area contributed by atoms with Crippen molar-refractivity contribution in [3.05, 3.63) is 33.6 Å². The van der Waals surface area contributed by atoms with Crippen LogP contribution in [0.2, 0.25) is 0 Å². The fraction of sp³-hybridized carbons (Fsp3) is 0.500. The van der Waals surface area contributed by atoms with E-state index in [1.165, 1.54) is 10.4 Å². The molecule has 1 aliphatic heterocycles. The highest BCUT2D eigenvalue weighted by Gasteiger charge is 2.25. The van der Waals surface area contributed by atoms with Gasteiger partial charge in [-0.2, -0.15) is 4.98 Å². The van der Waals surface area contributed by atoms with Crippen LogP contribution in [0.5, 0.6) is 0 Å². The van der Waals surface area contributed by atoms with Gasteiger partial charge in [-0.25, -0.2) is 0 Å². The smallest absolute Gasteiger partial charge is 0.240 e. The van der Waals surface area contributed by atoms with E-state index in [9.17, 15) is 0 Å². The second-order valence-corrected chi connectivity index (χ2v) is 5.50. The van der Waals surface area contributed by atoms with Gasteiger partial charge >= 0.3 is 0 Å². The molecular formula is C12H17ClN4OS. The number of nitrogens with two attached hydrogens (primary N) is 1. The van der Waals surface area contributed by atoms with Crippen molar-refractivity contribution in [2.45, 2.75) is 32.5 Å². The molecule has 0 radical (unpaired) electrons. The Labute approximate surface area is 122 Å². The summed E-state index contributed by atoms with van der Waals surface area (Å²) in [6.45, 7) is 4.30. The van der Waals surface area contributed by atoms with E-state index in [0.29, 0.717) is 18.5 Å². The number of rotatable bonds is 3. The Kier molecular flexibility index (Phi) is 4.57. The van der Waals surface area contributed by atoms with E-state index in [2.05, 4.69) is 33.4 Å². The average molecular weight is 301 g/mol. The van der Waals surface area contributed by atoms with Crippen LogP contribution in [0.1, 0.15) is 35.1 Å². The summed E-state index contributed by atoms with van der Waals surface area (Å²) in [4.78, 5) is 8.14. The molecule has 0 aliphatic carbocycles. The highest BCUT2D eigenvalue weighted by molar-refractivity contribution is 7.10. The molecule has 104 valence electrons. The maximum atomic E-state index is 5.46.